The Hall–Kier alpha value is -0.590. The van der Waals surface area contributed by atoms with Gasteiger partial charge in [-0.1, -0.05) is 24.9 Å². The van der Waals surface area contributed by atoms with Crippen molar-refractivity contribution in [1.29, 1.82) is 0 Å². The van der Waals surface area contributed by atoms with Gasteiger partial charge in [0.15, 0.2) is 0 Å². The van der Waals surface area contributed by atoms with E-state index in [1.807, 2.05) is 13.8 Å². The van der Waals surface area contributed by atoms with Crippen LogP contribution in [0.5, 0.6) is 0 Å². The second kappa shape index (κ2) is 5.37. The minimum Gasteiger partial charge on any atom is -0.324 e. The van der Waals surface area contributed by atoms with Gasteiger partial charge < -0.3 is 4.57 Å². The molecule has 0 aliphatic carbocycles. The molecule has 0 bridgehead atoms. The van der Waals surface area contributed by atoms with Gasteiger partial charge in [-0.05, 0) is 13.3 Å². The lowest BCUT2D eigenvalue weighted by atomic mass is 10.2. The highest BCUT2D eigenvalue weighted by atomic mass is 35.5. The van der Waals surface area contributed by atoms with E-state index in [4.69, 9.17) is 11.6 Å². The highest BCUT2D eigenvalue weighted by Gasteiger charge is 2.29. The first-order valence-electron chi connectivity index (χ1n) is 5.47. The van der Waals surface area contributed by atoms with Gasteiger partial charge >= 0.3 is 0 Å². The molecule has 0 fully saturated rings. The Balaban J connectivity index is 3.07. The fraction of sp³-hybridized carbons (Fsp3) is 0.700. The van der Waals surface area contributed by atoms with E-state index in [2.05, 4.69) is 4.98 Å². The largest absolute Gasteiger partial charge is 0.324 e. The minimum absolute atomic E-state index is 0.0666. The van der Waals surface area contributed by atoms with Crippen LogP contribution in [0.15, 0.2) is 11.4 Å². The van der Waals surface area contributed by atoms with Gasteiger partial charge in [0.05, 0.1) is 6.33 Å². The molecule has 0 unspecified atom stereocenters. The third-order valence-electron chi connectivity index (χ3n) is 2.78. The van der Waals surface area contributed by atoms with E-state index in [0.29, 0.717) is 0 Å². The molecule has 5 nitrogen and oxygen atoms in total. The molecular weight excluding hydrogens is 262 g/mol. The summed E-state index contributed by atoms with van der Waals surface area (Å²) in [6.07, 6.45) is 3.13. The molecule has 0 saturated heterocycles. The van der Waals surface area contributed by atoms with Crippen molar-refractivity contribution in [2.24, 2.45) is 7.05 Å². The van der Waals surface area contributed by atoms with Gasteiger partial charge in [-0.2, -0.15) is 4.31 Å². The number of hydrogen-bond acceptors (Lipinski definition) is 3. The number of rotatable bonds is 5. The number of imidazole rings is 1. The van der Waals surface area contributed by atoms with Crippen LogP contribution in [0.25, 0.3) is 0 Å². The quantitative estimate of drug-likeness (QED) is 0.827. The summed E-state index contributed by atoms with van der Waals surface area (Å²) in [5.74, 6) is 0. The summed E-state index contributed by atoms with van der Waals surface area (Å²) in [6.45, 7) is 3.89. The van der Waals surface area contributed by atoms with Crippen molar-refractivity contribution in [2.75, 3.05) is 7.05 Å². The molecule has 0 N–H and O–H groups in total. The van der Waals surface area contributed by atoms with Crippen molar-refractivity contribution in [3.63, 3.8) is 0 Å². The van der Waals surface area contributed by atoms with E-state index in [9.17, 15) is 8.42 Å². The third kappa shape index (κ3) is 2.81. The molecule has 1 rings (SSSR count). The SMILES string of the molecule is CCC[C@H](C)N(C)S(=O)(=O)c1ncn(C)c1Cl. The number of halogens is 1. The molecule has 1 atom stereocenters. The second-order valence-corrected chi connectivity index (χ2v) is 6.38. The van der Waals surface area contributed by atoms with Crippen LogP contribution in [0.2, 0.25) is 5.15 Å². The van der Waals surface area contributed by atoms with E-state index < -0.39 is 10.0 Å². The highest BCUT2D eigenvalue weighted by Crippen LogP contribution is 2.23. The lowest BCUT2D eigenvalue weighted by Gasteiger charge is -2.22. The predicted molar refractivity (Wildman–Crippen MR) is 67.5 cm³/mol. The number of aryl methyl sites for hydroxylation is 1. The first-order chi connectivity index (χ1) is 7.82. The molecule has 0 aliphatic heterocycles. The van der Waals surface area contributed by atoms with Gasteiger partial charge in [0.25, 0.3) is 10.0 Å². The summed E-state index contributed by atoms with van der Waals surface area (Å²) in [4.78, 5) is 3.85. The molecule has 0 saturated carbocycles. The standard InChI is InChI=1S/C10H18ClN3O2S/c1-5-6-8(2)14(4)17(15,16)10-9(11)13(3)7-12-10/h7-8H,5-6H2,1-4H3/t8-/m0/s1. The number of aromatic nitrogens is 2. The molecule has 0 aliphatic rings. The van der Waals surface area contributed by atoms with Crippen LogP contribution in [0.1, 0.15) is 26.7 Å². The zero-order chi connectivity index (χ0) is 13.2. The molecule has 0 amide bonds. The molecule has 1 aromatic rings. The Morgan fingerprint density at radius 2 is 2.18 bits per heavy atom. The molecule has 1 aromatic heterocycles. The van der Waals surface area contributed by atoms with Gasteiger partial charge in [-0.3, -0.25) is 0 Å². The van der Waals surface area contributed by atoms with Crippen molar-refractivity contribution in [3.05, 3.63) is 11.5 Å². The van der Waals surface area contributed by atoms with Crippen molar-refractivity contribution in [2.45, 2.75) is 37.8 Å². The van der Waals surface area contributed by atoms with Crippen LogP contribution < -0.4 is 0 Å². The van der Waals surface area contributed by atoms with E-state index >= 15 is 0 Å². The maximum Gasteiger partial charge on any atom is 0.263 e. The Bertz CT molecular complexity index is 484. The minimum atomic E-state index is -3.60. The van der Waals surface area contributed by atoms with Crippen molar-refractivity contribution >= 4 is 21.6 Å². The Kier molecular flexibility index (Phi) is 4.57. The molecule has 1 heterocycles. The van der Waals surface area contributed by atoms with Gasteiger partial charge in [-0.15, -0.1) is 0 Å². The molecular formula is C10H18ClN3O2S. The summed E-state index contributed by atoms with van der Waals surface area (Å²) < 4.78 is 27.3. The number of sulfonamides is 1. The fourth-order valence-electron chi connectivity index (χ4n) is 1.54. The summed E-state index contributed by atoms with van der Waals surface area (Å²) >= 11 is 5.91. The molecule has 0 spiro atoms. The van der Waals surface area contributed by atoms with Crippen LogP contribution in [0.4, 0.5) is 0 Å². The van der Waals surface area contributed by atoms with E-state index in [0.717, 1.165) is 12.8 Å². The number of nitrogens with zero attached hydrogens (tertiary/aromatic N) is 3. The Morgan fingerprint density at radius 3 is 2.59 bits per heavy atom. The second-order valence-electron chi connectivity index (χ2n) is 4.11. The van der Waals surface area contributed by atoms with Crippen LogP contribution in [0, 0.1) is 0 Å². The summed E-state index contributed by atoms with van der Waals surface area (Å²) in [6, 6.07) is -0.0666. The first-order valence-corrected chi connectivity index (χ1v) is 7.29. The predicted octanol–water partition coefficient (Wildman–Crippen LogP) is 1.88. The third-order valence-corrected chi connectivity index (χ3v) is 5.25. The lowest BCUT2D eigenvalue weighted by molar-refractivity contribution is 0.367. The molecule has 7 heteroatoms. The molecule has 0 radical (unpaired) electrons. The van der Waals surface area contributed by atoms with Gasteiger partial charge in [-0.25, -0.2) is 13.4 Å². The van der Waals surface area contributed by atoms with Gasteiger partial charge in [0.2, 0.25) is 5.03 Å². The molecule has 98 valence electrons. The number of hydrogen-bond donors (Lipinski definition) is 0. The van der Waals surface area contributed by atoms with Crippen LogP contribution in [0.3, 0.4) is 0 Å². The Morgan fingerprint density at radius 1 is 1.59 bits per heavy atom. The molecule has 17 heavy (non-hydrogen) atoms. The fourth-order valence-corrected chi connectivity index (χ4v) is 3.31. The average Bonchev–Trinajstić information content (AvgIpc) is 2.59. The monoisotopic (exact) mass is 279 g/mol. The van der Waals surface area contributed by atoms with E-state index in [-0.39, 0.29) is 16.2 Å². The van der Waals surface area contributed by atoms with Crippen LogP contribution >= 0.6 is 11.6 Å². The van der Waals surface area contributed by atoms with Crippen LogP contribution in [-0.4, -0.2) is 35.4 Å². The van der Waals surface area contributed by atoms with Crippen molar-refractivity contribution in [3.8, 4) is 0 Å². The van der Waals surface area contributed by atoms with Crippen LogP contribution in [-0.2, 0) is 17.1 Å². The maximum absolute atomic E-state index is 12.2. The average molecular weight is 280 g/mol. The normalized spacial score (nSPS) is 14.2. The molecule has 0 aromatic carbocycles. The van der Waals surface area contributed by atoms with Crippen molar-refractivity contribution < 1.29 is 8.42 Å². The van der Waals surface area contributed by atoms with Gasteiger partial charge in [0, 0.05) is 20.1 Å². The zero-order valence-electron chi connectivity index (χ0n) is 10.5. The summed E-state index contributed by atoms with van der Waals surface area (Å²) in [5, 5.41) is 0.0627. The maximum atomic E-state index is 12.2. The van der Waals surface area contributed by atoms with E-state index in [1.165, 1.54) is 15.2 Å². The summed E-state index contributed by atoms with van der Waals surface area (Å²) in [5.41, 5.74) is 0. The highest BCUT2D eigenvalue weighted by molar-refractivity contribution is 7.89. The van der Waals surface area contributed by atoms with Gasteiger partial charge in [0.1, 0.15) is 5.15 Å². The summed E-state index contributed by atoms with van der Waals surface area (Å²) in [7, 11) is -0.388. The van der Waals surface area contributed by atoms with E-state index in [1.54, 1.807) is 14.1 Å². The zero-order valence-corrected chi connectivity index (χ0v) is 12.1. The lowest BCUT2D eigenvalue weighted by Crippen LogP contribution is -2.35. The van der Waals surface area contributed by atoms with Crippen molar-refractivity contribution in [1.82, 2.24) is 13.9 Å². The Labute approximate surface area is 107 Å². The first kappa shape index (κ1) is 14.5. The smallest absolute Gasteiger partial charge is 0.263 e. The topological polar surface area (TPSA) is 55.2 Å².